The molecule has 1 unspecified atom stereocenters. The first kappa shape index (κ1) is 12.9. The van der Waals surface area contributed by atoms with Crippen molar-refractivity contribution in [2.24, 2.45) is 5.92 Å². The number of esters is 1. The Bertz CT molecular complexity index is 193. The van der Waals surface area contributed by atoms with Crippen LogP contribution in [0.5, 0.6) is 0 Å². The SMILES string of the molecule is CCCCC(C[N+](=O)[O-])C(=O)OCC. The third-order valence-corrected chi connectivity index (χ3v) is 1.90. The average Bonchev–Trinajstić information content (AvgIpc) is 2.12. The summed E-state index contributed by atoms with van der Waals surface area (Å²) >= 11 is 0. The molecule has 0 aliphatic carbocycles. The molecule has 1 atom stereocenters. The van der Waals surface area contributed by atoms with E-state index in [-0.39, 0.29) is 13.2 Å². The Morgan fingerprint density at radius 2 is 2.14 bits per heavy atom. The third kappa shape index (κ3) is 5.50. The second kappa shape index (κ2) is 7.29. The maximum Gasteiger partial charge on any atom is 0.315 e. The molecule has 0 bridgehead atoms. The molecule has 14 heavy (non-hydrogen) atoms. The standard InChI is InChI=1S/C9H17NO4/c1-3-5-6-8(7-10(12)13)9(11)14-4-2/h8H,3-7H2,1-2H3. The van der Waals surface area contributed by atoms with Gasteiger partial charge in [0.1, 0.15) is 5.92 Å². The Labute approximate surface area is 83.6 Å². The van der Waals surface area contributed by atoms with Crippen LogP contribution in [0.2, 0.25) is 0 Å². The monoisotopic (exact) mass is 203 g/mol. The maximum absolute atomic E-state index is 11.3. The lowest BCUT2D eigenvalue weighted by molar-refractivity contribution is -0.486. The highest BCUT2D eigenvalue weighted by Gasteiger charge is 2.24. The zero-order chi connectivity index (χ0) is 11.0. The van der Waals surface area contributed by atoms with Crippen molar-refractivity contribution in [3.8, 4) is 0 Å². The number of hydrogen-bond acceptors (Lipinski definition) is 4. The number of rotatable bonds is 7. The lowest BCUT2D eigenvalue weighted by Crippen LogP contribution is -2.25. The minimum Gasteiger partial charge on any atom is -0.466 e. The fourth-order valence-electron chi connectivity index (χ4n) is 1.17. The van der Waals surface area contributed by atoms with Crippen LogP contribution in [-0.4, -0.2) is 24.0 Å². The Kier molecular flexibility index (Phi) is 6.70. The molecular weight excluding hydrogens is 186 g/mol. The van der Waals surface area contributed by atoms with Crippen LogP contribution in [0, 0.1) is 16.0 Å². The zero-order valence-electron chi connectivity index (χ0n) is 8.69. The summed E-state index contributed by atoms with van der Waals surface area (Å²) < 4.78 is 4.76. The summed E-state index contributed by atoms with van der Waals surface area (Å²) in [4.78, 5) is 21.1. The van der Waals surface area contributed by atoms with E-state index in [1.165, 1.54) is 0 Å². The Morgan fingerprint density at radius 3 is 2.57 bits per heavy atom. The minimum atomic E-state index is -0.579. The molecule has 0 rings (SSSR count). The van der Waals surface area contributed by atoms with Gasteiger partial charge in [0.25, 0.3) is 0 Å². The van der Waals surface area contributed by atoms with Gasteiger partial charge in [0.05, 0.1) is 6.61 Å². The van der Waals surface area contributed by atoms with Crippen LogP contribution in [0.25, 0.3) is 0 Å². The van der Waals surface area contributed by atoms with Crippen molar-refractivity contribution in [1.29, 1.82) is 0 Å². The molecule has 0 N–H and O–H groups in total. The van der Waals surface area contributed by atoms with E-state index >= 15 is 0 Å². The second-order valence-corrected chi connectivity index (χ2v) is 3.11. The van der Waals surface area contributed by atoms with E-state index in [1.54, 1.807) is 6.92 Å². The average molecular weight is 203 g/mol. The van der Waals surface area contributed by atoms with Gasteiger partial charge in [-0.15, -0.1) is 0 Å². The van der Waals surface area contributed by atoms with Crippen LogP contribution < -0.4 is 0 Å². The van der Waals surface area contributed by atoms with Gasteiger partial charge in [-0.05, 0) is 13.3 Å². The summed E-state index contributed by atoms with van der Waals surface area (Å²) in [5.41, 5.74) is 0. The van der Waals surface area contributed by atoms with Crippen molar-refractivity contribution in [3.63, 3.8) is 0 Å². The number of carbonyl (C=O) groups is 1. The lowest BCUT2D eigenvalue weighted by Gasteiger charge is -2.10. The molecule has 0 aromatic rings. The molecule has 0 fully saturated rings. The van der Waals surface area contributed by atoms with Gasteiger partial charge in [-0.3, -0.25) is 14.9 Å². The smallest absolute Gasteiger partial charge is 0.315 e. The number of hydrogen-bond donors (Lipinski definition) is 0. The fourth-order valence-corrected chi connectivity index (χ4v) is 1.17. The second-order valence-electron chi connectivity index (χ2n) is 3.11. The Hall–Kier alpha value is -1.13. The molecule has 0 amide bonds. The van der Waals surface area contributed by atoms with Crippen molar-refractivity contribution >= 4 is 5.97 Å². The van der Waals surface area contributed by atoms with Gasteiger partial charge in [-0.2, -0.15) is 0 Å². The molecule has 82 valence electrons. The normalized spacial score (nSPS) is 12.1. The number of nitrogens with zero attached hydrogens (tertiary/aromatic N) is 1. The largest absolute Gasteiger partial charge is 0.466 e. The van der Waals surface area contributed by atoms with Crippen molar-refractivity contribution in [2.45, 2.75) is 33.1 Å². The van der Waals surface area contributed by atoms with E-state index in [0.29, 0.717) is 6.42 Å². The summed E-state index contributed by atoms with van der Waals surface area (Å²) in [5, 5.41) is 10.3. The summed E-state index contributed by atoms with van der Waals surface area (Å²) in [5.74, 6) is -1.03. The summed E-state index contributed by atoms with van der Waals surface area (Å²) in [6.07, 6.45) is 2.28. The molecular formula is C9H17NO4. The van der Waals surface area contributed by atoms with Crippen molar-refractivity contribution in [1.82, 2.24) is 0 Å². The Balaban J connectivity index is 4.08. The number of carbonyl (C=O) groups excluding carboxylic acids is 1. The highest BCUT2D eigenvalue weighted by atomic mass is 16.6. The highest BCUT2D eigenvalue weighted by molar-refractivity contribution is 5.72. The quantitative estimate of drug-likeness (QED) is 0.358. The molecule has 0 aromatic heterocycles. The van der Waals surface area contributed by atoms with E-state index in [2.05, 4.69) is 0 Å². The topological polar surface area (TPSA) is 69.4 Å². The Morgan fingerprint density at radius 1 is 1.50 bits per heavy atom. The highest BCUT2D eigenvalue weighted by Crippen LogP contribution is 2.10. The van der Waals surface area contributed by atoms with Crippen LogP contribution >= 0.6 is 0 Å². The van der Waals surface area contributed by atoms with Crippen LogP contribution in [0.1, 0.15) is 33.1 Å². The fraction of sp³-hybridized carbons (Fsp3) is 0.889. The number of unbranched alkanes of at least 4 members (excludes halogenated alkanes) is 1. The van der Waals surface area contributed by atoms with Gasteiger partial charge in [0, 0.05) is 4.92 Å². The molecule has 5 nitrogen and oxygen atoms in total. The lowest BCUT2D eigenvalue weighted by atomic mass is 10.0. The van der Waals surface area contributed by atoms with Crippen molar-refractivity contribution < 1.29 is 14.5 Å². The molecule has 0 radical (unpaired) electrons. The van der Waals surface area contributed by atoms with Gasteiger partial charge in [-0.25, -0.2) is 0 Å². The molecule has 0 aliphatic rings. The van der Waals surface area contributed by atoms with Crippen LogP contribution in [-0.2, 0) is 9.53 Å². The van der Waals surface area contributed by atoms with E-state index in [4.69, 9.17) is 4.74 Å². The summed E-state index contributed by atoms with van der Waals surface area (Å²) in [7, 11) is 0. The molecule has 0 heterocycles. The van der Waals surface area contributed by atoms with Crippen LogP contribution in [0.4, 0.5) is 0 Å². The number of ether oxygens (including phenoxy) is 1. The first-order valence-corrected chi connectivity index (χ1v) is 4.90. The van der Waals surface area contributed by atoms with Gasteiger partial charge in [0.2, 0.25) is 6.54 Å². The predicted octanol–water partition coefficient (Wildman–Crippen LogP) is 1.63. The van der Waals surface area contributed by atoms with Crippen molar-refractivity contribution in [3.05, 3.63) is 10.1 Å². The van der Waals surface area contributed by atoms with E-state index < -0.39 is 16.8 Å². The molecule has 0 saturated heterocycles. The maximum atomic E-state index is 11.3. The molecule has 0 saturated carbocycles. The summed E-state index contributed by atoms with van der Waals surface area (Å²) in [6, 6.07) is 0. The first-order chi connectivity index (χ1) is 6.61. The van der Waals surface area contributed by atoms with Gasteiger partial charge in [0.15, 0.2) is 0 Å². The van der Waals surface area contributed by atoms with E-state index in [1.807, 2.05) is 6.92 Å². The van der Waals surface area contributed by atoms with Crippen LogP contribution in [0.3, 0.4) is 0 Å². The predicted molar refractivity (Wildman–Crippen MR) is 51.5 cm³/mol. The van der Waals surface area contributed by atoms with Gasteiger partial charge < -0.3 is 4.74 Å². The molecule has 0 aromatic carbocycles. The number of nitro groups is 1. The van der Waals surface area contributed by atoms with Gasteiger partial charge >= 0.3 is 5.97 Å². The van der Waals surface area contributed by atoms with E-state index in [9.17, 15) is 14.9 Å². The first-order valence-electron chi connectivity index (χ1n) is 4.90. The van der Waals surface area contributed by atoms with E-state index in [0.717, 1.165) is 12.8 Å². The molecule has 0 spiro atoms. The molecule has 0 aliphatic heterocycles. The van der Waals surface area contributed by atoms with Crippen LogP contribution in [0.15, 0.2) is 0 Å². The zero-order valence-corrected chi connectivity index (χ0v) is 8.69. The minimum absolute atomic E-state index is 0.277. The molecule has 5 heteroatoms. The third-order valence-electron chi connectivity index (χ3n) is 1.90. The van der Waals surface area contributed by atoms with Crippen molar-refractivity contribution in [2.75, 3.05) is 13.2 Å². The van der Waals surface area contributed by atoms with Gasteiger partial charge in [-0.1, -0.05) is 19.8 Å². The summed E-state index contributed by atoms with van der Waals surface area (Å²) in [6.45, 7) is 3.63.